The Hall–Kier alpha value is -6.54. The molecule has 1 aliphatic heterocycles. The maximum Gasteiger partial charge on any atom is 0.101 e. The summed E-state index contributed by atoms with van der Waals surface area (Å²) in [7, 11) is 0. The second-order valence-corrected chi connectivity index (χ2v) is 13.0. The quantitative estimate of drug-likeness (QED) is 0.183. The molecule has 4 nitrogen and oxygen atoms in total. The van der Waals surface area contributed by atoms with Crippen molar-refractivity contribution in [1.29, 1.82) is 10.5 Å². The van der Waals surface area contributed by atoms with E-state index in [2.05, 4.69) is 143 Å². The molecule has 0 spiro atoms. The Morgan fingerprint density at radius 2 is 1.57 bits per heavy atom. The van der Waals surface area contributed by atoms with E-state index in [1.165, 1.54) is 33.5 Å². The van der Waals surface area contributed by atoms with E-state index < -0.39 is 0 Å². The van der Waals surface area contributed by atoms with Gasteiger partial charge in [0, 0.05) is 39.1 Å². The summed E-state index contributed by atoms with van der Waals surface area (Å²) >= 11 is 0. The van der Waals surface area contributed by atoms with Gasteiger partial charge in [0.2, 0.25) is 0 Å². The molecule has 3 unspecified atom stereocenters. The lowest BCUT2D eigenvalue weighted by molar-refractivity contribution is 0.601. The summed E-state index contributed by atoms with van der Waals surface area (Å²) in [4.78, 5) is 2.54. The first-order chi connectivity index (χ1) is 24.1. The normalized spacial score (nSPS) is 18.9. The van der Waals surface area contributed by atoms with E-state index in [-0.39, 0.29) is 18.0 Å². The van der Waals surface area contributed by atoms with E-state index in [4.69, 9.17) is 0 Å². The molecule has 0 N–H and O–H groups in total. The van der Waals surface area contributed by atoms with Crippen LogP contribution in [0.25, 0.3) is 44.2 Å². The van der Waals surface area contributed by atoms with E-state index in [9.17, 15) is 10.5 Å². The second kappa shape index (κ2) is 11.3. The lowest BCUT2D eigenvalue weighted by atomic mass is 9.80. The zero-order valence-corrected chi connectivity index (χ0v) is 26.9. The number of fused-ring (bicyclic) bond motifs is 6. The van der Waals surface area contributed by atoms with Crippen molar-refractivity contribution in [2.45, 2.75) is 31.3 Å². The van der Waals surface area contributed by atoms with Gasteiger partial charge in [-0.3, -0.25) is 0 Å². The highest BCUT2D eigenvalue weighted by Crippen LogP contribution is 2.50. The van der Waals surface area contributed by atoms with Gasteiger partial charge in [-0.2, -0.15) is 10.5 Å². The summed E-state index contributed by atoms with van der Waals surface area (Å²) in [6.07, 6.45) is 9.16. The zero-order chi connectivity index (χ0) is 33.1. The largest absolute Gasteiger partial charge is 0.356 e. The summed E-state index contributed by atoms with van der Waals surface area (Å²) in [5.74, 6) is 0.0226. The smallest absolute Gasteiger partial charge is 0.101 e. The number of aryl methyl sites for hydroxylation is 1. The fourth-order valence-corrected chi connectivity index (χ4v) is 8.09. The molecular formula is C45H30N4. The lowest BCUT2D eigenvalue weighted by Gasteiger charge is -2.38. The summed E-state index contributed by atoms with van der Waals surface area (Å²) in [5.41, 5.74) is 19.7. The van der Waals surface area contributed by atoms with Gasteiger partial charge in [0.05, 0.1) is 40.4 Å². The predicted molar refractivity (Wildman–Crippen MR) is 197 cm³/mol. The summed E-state index contributed by atoms with van der Waals surface area (Å²) in [6.45, 7) is 2.14. The minimum atomic E-state index is 0.0226. The highest BCUT2D eigenvalue weighted by atomic mass is 15.2. The van der Waals surface area contributed by atoms with Crippen LogP contribution in [0.1, 0.15) is 34.6 Å². The molecule has 0 saturated carbocycles. The summed E-state index contributed by atoms with van der Waals surface area (Å²) in [5, 5.41) is 21.8. The van der Waals surface area contributed by atoms with Crippen LogP contribution in [0.2, 0.25) is 0 Å². The van der Waals surface area contributed by atoms with Crippen LogP contribution in [-0.4, -0.2) is 16.7 Å². The Morgan fingerprint density at radius 1 is 0.755 bits per heavy atom. The van der Waals surface area contributed by atoms with Crippen LogP contribution >= 0.6 is 0 Å². The summed E-state index contributed by atoms with van der Waals surface area (Å²) < 4.78 is 2.21. The van der Waals surface area contributed by atoms with Crippen LogP contribution in [0, 0.1) is 29.6 Å². The third-order valence-corrected chi connectivity index (χ3v) is 10.3. The molecule has 0 amide bonds. The molecule has 49 heavy (non-hydrogen) atoms. The zero-order valence-electron chi connectivity index (χ0n) is 26.9. The first kappa shape index (κ1) is 28.7. The van der Waals surface area contributed by atoms with Gasteiger partial charge in [-0.1, -0.05) is 95.9 Å². The van der Waals surface area contributed by atoms with Crippen molar-refractivity contribution in [2.75, 3.05) is 4.90 Å². The molecule has 6 aromatic rings. The number of rotatable bonds is 4. The number of nitrogens with zero attached hydrogens (tertiary/aromatic N) is 4. The van der Waals surface area contributed by atoms with Gasteiger partial charge in [0.15, 0.2) is 0 Å². The average Bonchev–Trinajstić information content (AvgIpc) is 3.67. The van der Waals surface area contributed by atoms with E-state index in [1.54, 1.807) is 0 Å². The molecule has 0 radical (unpaired) electrons. The van der Waals surface area contributed by atoms with Crippen LogP contribution < -0.4 is 4.90 Å². The van der Waals surface area contributed by atoms with Gasteiger partial charge in [0.25, 0.3) is 0 Å². The van der Waals surface area contributed by atoms with Crippen LogP contribution in [0.15, 0.2) is 151 Å². The molecule has 2 heterocycles. The summed E-state index contributed by atoms with van der Waals surface area (Å²) in [6, 6.07) is 43.3. The van der Waals surface area contributed by atoms with Crippen LogP contribution in [0.4, 0.5) is 5.69 Å². The third-order valence-electron chi connectivity index (χ3n) is 10.3. The second-order valence-electron chi connectivity index (χ2n) is 13.0. The minimum Gasteiger partial charge on any atom is -0.356 e. The Bertz CT molecular complexity index is 2620. The predicted octanol–water partition coefficient (Wildman–Crippen LogP) is 10.1. The first-order valence-corrected chi connectivity index (χ1v) is 16.7. The number of hydrogen-bond acceptors (Lipinski definition) is 3. The standard InChI is InChI=1S/C45H30N4/c1-29-17-23-43-39(25-29)38-14-8-13-37(45(38)48(43)33-21-18-30(27-46)19-22-33)35-11-4-3-10-34(35)31-20-24-44-40(26-31)36-12-5-7-16-42(36)49(44)41-15-6-2-9-32(41)28-47/h2-7,9-13,15-21,23-26,33,37,45H,22H2,1H3. The van der Waals surface area contributed by atoms with Crippen molar-refractivity contribution >= 4 is 33.1 Å². The Kier molecular flexibility index (Phi) is 6.62. The number of benzene rings is 5. The molecule has 0 saturated heterocycles. The van der Waals surface area contributed by atoms with Gasteiger partial charge >= 0.3 is 0 Å². The lowest BCUT2D eigenvalue weighted by Crippen LogP contribution is -2.43. The molecule has 0 bridgehead atoms. The average molecular weight is 627 g/mol. The molecule has 9 rings (SSSR count). The molecular weight excluding hydrogens is 597 g/mol. The highest BCUT2D eigenvalue weighted by Gasteiger charge is 2.43. The third kappa shape index (κ3) is 4.45. The van der Waals surface area contributed by atoms with Crippen molar-refractivity contribution in [1.82, 2.24) is 4.57 Å². The maximum atomic E-state index is 9.97. The number of aromatic nitrogens is 1. The molecule has 230 valence electrons. The van der Waals surface area contributed by atoms with E-state index in [1.807, 2.05) is 30.3 Å². The van der Waals surface area contributed by atoms with Crippen molar-refractivity contribution < 1.29 is 0 Å². The van der Waals surface area contributed by atoms with Crippen LogP contribution in [0.3, 0.4) is 0 Å². The number of allylic oxidation sites excluding steroid dienone is 2. The topological polar surface area (TPSA) is 55.8 Å². The molecule has 0 fully saturated rings. The number of anilines is 1. The molecule has 2 aliphatic carbocycles. The van der Waals surface area contributed by atoms with Gasteiger partial charge in [-0.05, 0) is 84.7 Å². The van der Waals surface area contributed by atoms with E-state index in [0.717, 1.165) is 39.5 Å². The SMILES string of the molecule is Cc1ccc2c(c1)C1=C=C=CC(c3ccccc3-c3ccc4c(c3)c3ccccc3n4-c3ccccc3C#N)C1N2C1C=CC(C#N)=CC1. The number of hydrogen-bond donors (Lipinski definition) is 0. The molecule has 3 atom stereocenters. The van der Waals surface area contributed by atoms with Crippen molar-refractivity contribution in [3.8, 4) is 29.0 Å². The first-order valence-electron chi connectivity index (χ1n) is 16.7. The number of para-hydroxylation sites is 2. The Labute approximate surface area is 285 Å². The monoisotopic (exact) mass is 626 g/mol. The fourth-order valence-electron chi connectivity index (χ4n) is 8.09. The maximum absolute atomic E-state index is 9.97. The van der Waals surface area contributed by atoms with Gasteiger partial charge in [-0.25, -0.2) is 0 Å². The highest BCUT2D eigenvalue weighted by molar-refractivity contribution is 6.10. The molecule has 4 heteroatoms. The molecule has 1 aromatic heterocycles. The molecule has 3 aliphatic rings. The Balaban J connectivity index is 1.20. The minimum absolute atomic E-state index is 0.0226. The van der Waals surface area contributed by atoms with Gasteiger partial charge in [0.1, 0.15) is 6.07 Å². The number of nitriles is 2. The van der Waals surface area contributed by atoms with Crippen molar-refractivity contribution in [3.63, 3.8) is 0 Å². The van der Waals surface area contributed by atoms with E-state index >= 15 is 0 Å². The Morgan fingerprint density at radius 3 is 2.43 bits per heavy atom. The van der Waals surface area contributed by atoms with Crippen LogP contribution in [0.5, 0.6) is 0 Å². The van der Waals surface area contributed by atoms with Crippen molar-refractivity contribution in [3.05, 3.63) is 173 Å². The van der Waals surface area contributed by atoms with E-state index in [0.29, 0.717) is 11.1 Å². The molecule has 5 aromatic carbocycles. The van der Waals surface area contributed by atoms with Gasteiger partial charge < -0.3 is 9.47 Å². The van der Waals surface area contributed by atoms with Gasteiger partial charge in [-0.15, -0.1) is 0 Å². The van der Waals surface area contributed by atoms with Crippen molar-refractivity contribution in [2.24, 2.45) is 0 Å². The van der Waals surface area contributed by atoms with Crippen LogP contribution in [-0.2, 0) is 0 Å². The fraction of sp³-hybridized carbons (Fsp3) is 0.111.